The van der Waals surface area contributed by atoms with E-state index in [2.05, 4.69) is 10.3 Å². The van der Waals surface area contributed by atoms with Crippen LogP contribution in [0.15, 0.2) is 54.9 Å². The van der Waals surface area contributed by atoms with Crippen molar-refractivity contribution in [3.8, 4) is 0 Å². The highest BCUT2D eigenvalue weighted by Gasteiger charge is 2.20. The minimum absolute atomic E-state index is 0.0158. The summed E-state index contributed by atoms with van der Waals surface area (Å²) in [6, 6.07) is 13.7. The van der Waals surface area contributed by atoms with Gasteiger partial charge in [-0.15, -0.1) is 0 Å². The lowest BCUT2D eigenvalue weighted by atomic mass is 9.92. The van der Waals surface area contributed by atoms with E-state index in [0.29, 0.717) is 19.6 Å². The Morgan fingerprint density at radius 2 is 2.05 bits per heavy atom. The molecule has 4 heteroatoms. The standard InChI is InChI=1S/C17H20N2O2/c1-21-11-10-19-17(20)16(15-7-3-2-4-8-15)12-14-6-5-9-18-13-14/h2-9,13,16H,10-12H2,1H3,(H,19,20). The zero-order chi connectivity index (χ0) is 14.9. The molecule has 2 rings (SSSR count). The smallest absolute Gasteiger partial charge is 0.227 e. The van der Waals surface area contributed by atoms with Crippen LogP contribution in [0.25, 0.3) is 0 Å². The summed E-state index contributed by atoms with van der Waals surface area (Å²) in [5.74, 6) is -0.200. The molecule has 1 unspecified atom stereocenters. The first-order chi connectivity index (χ1) is 10.3. The Hall–Kier alpha value is -2.20. The maximum atomic E-state index is 12.4. The fraction of sp³-hybridized carbons (Fsp3) is 0.294. The summed E-state index contributed by atoms with van der Waals surface area (Å²) in [5, 5.41) is 2.92. The molecule has 1 amide bonds. The van der Waals surface area contributed by atoms with Crippen LogP contribution in [0.3, 0.4) is 0 Å². The number of hydrogen-bond donors (Lipinski definition) is 1. The second-order valence-corrected chi connectivity index (χ2v) is 4.81. The molecule has 0 saturated carbocycles. The van der Waals surface area contributed by atoms with Crippen molar-refractivity contribution < 1.29 is 9.53 Å². The van der Waals surface area contributed by atoms with Crippen molar-refractivity contribution in [3.63, 3.8) is 0 Å². The summed E-state index contributed by atoms with van der Waals surface area (Å²) < 4.78 is 4.97. The van der Waals surface area contributed by atoms with Crippen LogP contribution in [0.1, 0.15) is 17.0 Å². The van der Waals surface area contributed by atoms with Gasteiger partial charge < -0.3 is 10.1 Å². The highest BCUT2D eigenvalue weighted by atomic mass is 16.5. The molecule has 0 fully saturated rings. The van der Waals surface area contributed by atoms with Crippen LogP contribution in [0.2, 0.25) is 0 Å². The Balaban J connectivity index is 2.12. The molecule has 0 aliphatic rings. The topological polar surface area (TPSA) is 51.2 Å². The number of amides is 1. The molecule has 0 bridgehead atoms. The number of hydrogen-bond acceptors (Lipinski definition) is 3. The molecule has 0 aliphatic heterocycles. The fourth-order valence-corrected chi connectivity index (χ4v) is 2.20. The number of methoxy groups -OCH3 is 1. The number of ether oxygens (including phenoxy) is 1. The minimum atomic E-state index is -0.216. The van der Waals surface area contributed by atoms with Crippen molar-refractivity contribution >= 4 is 5.91 Å². The quantitative estimate of drug-likeness (QED) is 0.793. The Morgan fingerprint density at radius 1 is 1.24 bits per heavy atom. The SMILES string of the molecule is COCCNC(=O)C(Cc1cccnc1)c1ccccc1. The van der Waals surface area contributed by atoms with Crippen LogP contribution in [0, 0.1) is 0 Å². The van der Waals surface area contributed by atoms with Gasteiger partial charge in [-0.05, 0) is 23.6 Å². The maximum Gasteiger partial charge on any atom is 0.227 e. The van der Waals surface area contributed by atoms with E-state index in [9.17, 15) is 4.79 Å². The van der Waals surface area contributed by atoms with Gasteiger partial charge in [-0.1, -0.05) is 36.4 Å². The molecule has 0 aliphatic carbocycles. The van der Waals surface area contributed by atoms with Gasteiger partial charge in [-0.25, -0.2) is 0 Å². The van der Waals surface area contributed by atoms with E-state index in [0.717, 1.165) is 11.1 Å². The molecule has 2 aromatic rings. The molecule has 0 spiro atoms. The molecule has 1 heterocycles. The zero-order valence-corrected chi connectivity index (χ0v) is 12.2. The third-order valence-electron chi connectivity index (χ3n) is 3.29. The van der Waals surface area contributed by atoms with Crippen LogP contribution in [-0.4, -0.2) is 31.2 Å². The van der Waals surface area contributed by atoms with Crippen molar-refractivity contribution in [1.82, 2.24) is 10.3 Å². The molecule has 0 radical (unpaired) electrons. The van der Waals surface area contributed by atoms with E-state index in [1.54, 1.807) is 19.5 Å². The molecule has 21 heavy (non-hydrogen) atoms. The Kier molecular flexibility index (Phi) is 5.91. The lowest BCUT2D eigenvalue weighted by Crippen LogP contribution is -2.32. The lowest BCUT2D eigenvalue weighted by Gasteiger charge is -2.17. The predicted octanol–water partition coefficient (Wildman–Crippen LogP) is 2.17. The van der Waals surface area contributed by atoms with Gasteiger partial charge in [0.2, 0.25) is 5.91 Å². The summed E-state index contributed by atoms with van der Waals surface area (Å²) in [6.07, 6.45) is 4.18. The average molecular weight is 284 g/mol. The van der Waals surface area contributed by atoms with E-state index in [-0.39, 0.29) is 11.8 Å². The first-order valence-electron chi connectivity index (χ1n) is 7.01. The first-order valence-corrected chi connectivity index (χ1v) is 7.01. The average Bonchev–Trinajstić information content (AvgIpc) is 2.54. The van der Waals surface area contributed by atoms with Gasteiger partial charge in [0.05, 0.1) is 12.5 Å². The second kappa shape index (κ2) is 8.17. The molecular formula is C17H20N2O2. The summed E-state index contributed by atoms with van der Waals surface area (Å²) in [6.45, 7) is 1.03. The van der Waals surface area contributed by atoms with Gasteiger partial charge in [-0.3, -0.25) is 9.78 Å². The lowest BCUT2D eigenvalue weighted by molar-refractivity contribution is -0.122. The molecule has 1 atom stereocenters. The van der Waals surface area contributed by atoms with Gasteiger partial charge in [0.25, 0.3) is 0 Å². The third kappa shape index (κ3) is 4.68. The number of nitrogens with one attached hydrogen (secondary N) is 1. The van der Waals surface area contributed by atoms with Gasteiger partial charge >= 0.3 is 0 Å². The molecule has 4 nitrogen and oxygen atoms in total. The van der Waals surface area contributed by atoms with Crippen LogP contribution < -0.4 is 5.32 Å². The first kappa shape index (κ1) is 15.2. The van der Waals surface area contributed by atoms with E-state index in [1.807, 2.05) is 42.5 Å². The minimum Gasteiger partial charge on any atom is -0.383 e. The summed E-state index contributed by atoms with van der Waals surface area (Å²) in [5.41, 5.74) is 2.06. The number of carbonyl (C=O) groups excluding carboxylic acids is 1. The molecule has 110 valence electrons. The van der Waals surface area contributed by atoms with Gasteiger partial charge in [0.15, 0.2) is 0 Å². The maximum absolute atomic E-state index is 12.4. The second-order valence-electron chi connectivity index (χ2n) is 4.81. The van der Waals surface area contributed by atoms with E-state index >= 15 is 0 Å². The number of carbonyl (C=O) groups is 1. The van der Waals surface area contributed by atoms with Crippen molar-refractivity contribution in [2.45, 2.75) is 12.3 Å². The van der Waals surface area contributed by atoms with Crippen molar-refractivity contribution in [2.75, 3.05) is 20.3 Å². The van der Waals surface area contributed by atoms with E-state index in [4.69, 9.17) is 4.74 Å². The third-order valence-corrected chi connectivity index (χ3v) is 3.29. The summed E-state index contributed by atoms with van der Waals surface area (Å²) >= 11 is 0. The number of aromatic nitrogens is 1. The van der Waals surface area contributed by atoms with Crippen LogP contribution in [0.5, 0.6) is 0 Å². The normalized spacial score (nSPS) is 11.9. The molecule has 1 N–H and O–H groups in total. The molecule has 1 aromatic carbocycles. The monoisotopic (exact) mass is 284 g/mol. The number of pyridine rings is 1. The zero-order valence-electron chi connectivity index (χ0n) is 12.2. The molecule has 0 saturated heterocycles. The van der Waals surface area contributed by atoms with Crippen molar-refractivity contribution in [1.29, 1.82) is 0 Å². The van der Waals surface area contributed by atoms with Gasteiger partial charge in [-0.2, -0.15) is 0 Å². The van der Waals surface area contributed by atoms with Crippen molar-refractivity contribution in [3.05, 3.63) is 66.0 Å². The largest absolute Gasteiger partial charge is 0.383 e. The Morgan fingerprint density at radius 3 is 2.71 bits per heavy atom. The number of nitrogens with zero attached hydrogens (tertiary/aromatic N) is 1. The van der Waals surface area contributed by atoms with E-state index in [1.165, 1.54) is 0 Å². The van der Waals surface area contributed by atoms with Crippen LogP contribution in [-0.2, 0) is 16.0 Å². The van der Waals surface area contributed by atoms with Crippen molar-refractivity contribution in [2.24, 2.45) is 0 Å². The number of benzene rings is 1. The van der Waals surface area contributed by atoms with E-state index < -0.39 is 0 Å². The fourth-order valence-electron chi connectivity index (χ4n) is 2.20. The summed E-state index contributed by atoms with van der Waals surface area (Å²) in [4.78, 5) is 16.6. The highest BCUT2D eigenvalue weighted by molar-refractivity contribution is 5.83. The summed E-state index contributed by atoms with van der Waals surface area (Å²) in [7, 11) is 1.62. The number of rotatable bonds is 7. The predicted molar refractivity (Wildman–Crippen MR) is 82.0 cm³/mol. The van der Waals surface area contributed by atoms with Gasteiger partial charge in [0.1, 0.15) is 0 Å². The van der Waals surface area contributed by atoms with Gasteiger partial charge in [0, 0.05) is 26.0 Å². The molecular weight excluding hydrogens is 264 g/mol. The van der Waals surface area contributed by atoms with Crippen LogP contribution in [0.4, 0.5) is 0 Å². The highest BCUT2D eigenvalue weighted by Crippen LogP contribution is 2.20. The molecule has 1 aromatic heterocycles. The Labute approximate surface area is 125 Å². The van der Waals surface area contributed by atoms with Crippen LogP contribution >= 0.6 is 0 Å². The Bertz CT molecular complexity index is 543.